The van der Waals surface area contributed by atoms with Gasteiger partial charge >= 0.3 is 0 Å². The summed E-state index contributed by atoms with van der Waals surface area (Å²) in [5.74, 6) is 0. The van der Waals surface area contributed by atoms with Crippen molar-refractivity contribution in [3.63, 3.8) is 0 Å². The topological polar surface area (TPSA) is 6.48 Å². The maximum absolute atomic E-state index is 5.11. The molecule has 0 unspecified atom stereocenters. The molecule has 204 valence electrons. The van der Waals surface area contributed by atoms with Crippen LogP contribution in [0.3, 0.4) is 0 Å². The second-order valence-corrected chi connectivity index (χ2v) is 3.44. The molecule has 0 aromatic rings. The maximum Gasteiger partial charge on any atom is 0 e. The summed E-state index contributed by atoms with van der Waals surface area (Å²) in [6.07, 6.45) is 1.46. The van der Waals surface area contributed by atoms with Crippen LogP contribution in [0, 0.1) is 27.7 Å². The summed E-state index contributed by atoms with van der Waals surface area (Å²) in [5, 5.41) is 0. The van der Waals surface area contributed by atoms with Crippen LogP contribution < -0.4 is 0 Å². The second kappa shape index (κ2) is 169. The average Bonchev–Trinajstić information content (AvgIpc) is 2.33. The van der Waals surface area contributed by atoms with Gasteiger partial charge in [-0.15, -0.1) is 0 Å². The largest absolute Gasteiger partial charge is 0.608 e. The third-order valence-corrected chi connectivity index (χ3v) is 1.59. The first-order valence-electron chi connectivity index (χ1n) is 6.37. The zero-order chi connectivity index (χ0) is 15.0. The van der Waals surface area contributed by atoms with Crippen molar-refractivity contribution in [3.05, 3.63) is 33.9 Å². The summed E-state index contributed by atoms with van der Waals surface area (Å²) in [6.45, 7) is 21.2. The van der Waals surface area contributed by atoms with Gasteiger partial charge in [0.1, 0.15) is 0 Å². The molecule has 0 heterocycles. The fourth-order valence-electron chi connectivity index (χ4n) is 0.172. The number of rotatable bonds is 3. The van der Waals surface area contributed by atoms with E-state index in [1.54, 1.807) is 9.80 Å². The quantitative estimate of drug-likeness (QED) is 0.379. The van der Waals surface area contributed by atoms with E-state index in [9.17, 15) is 0 Å². The van der Waals surface area contributed by atoms with E-state index in [0.717, 1.165) is 0 Å². The van der Waals surface area contributed by atoms with Crippen LogP contribution in [0.4, 0.5) is 0 Å². The van der Waals surface area contributed by atoms with Crippen molar-refractivity contribution in [3.8, 4) is 0 Å². The number of hydrogen-bond donors (Lipinski definition) is 0. The van der Waals surface area contributed by atoms with E-state index in [0.29, 0.717) is 12.1 Å². The molecule has 0 amide bonds. The molecule has 0 saturated heterocycles. The van der Waals surface area contributed by atoms with Gasteiger partial charge < -0.3 is 30.5 Å². The average molecular weight is 1340 g/mol. The fourth-order valence-corrected chi connectivity index (χ4v) is 0.172. The molecule has 0 aliphatic rings. The third kappa shape index (κ3) is 209. The first-order chi connectivity index (χ1) is 7.82. The molecular formula is C15H34N2V18Y2-4. The molecule has 22 heteroatoms. The molecule has 20 radical (unpaired) electrons. The van der Waals surface area contributed by atoms with Crippen molar-refractivity contribution < 1.29 is 399 Å². The number of nitrogens with zero attached hydrogens (tertiary/aromatic N) is 2. The Kier molecular flexibility index (Phi) is 822. The Morgan fingerprint density at radius 2 is 0.541 bits per heavy atom. The van der Waals surface area contributed by atoms with Crippen LogP contribution >= 0.6 is 0 Å². The van der Waals surface area contributed by atoms with Crippen LogP contribution in [0.25, 0.3) is 0 Å². The zero-order valence-corrected chi connectivity index (χ0v) is 53.3. The second-order valence-electron chi connectivity index (χ2n) is 3.44. The monoisotopic (exact) mass is 1340 g/mol. The molecule has 0 atom stereocenters. The van der Waals surface area contributed by atoms with E-state index in [4.69, 9.17) is 6.58 Å². The maximum atomic E-state index is 5.11. The molecule has 0 aliphatic carbocycles. The van der Waals surface area contributed by atoms with Gasteiger partial charge in [-0.05, 0) is 25.9 Å². The fraction of sp³-hybridized carbons (Fsp3) is 0.667. The van der Waals surface area contributed by atoms with Crippen molar-refractivity contribution in [1.82, 2.24) is 9.80 Å². The van der Waals surface area contributed by atoms with Gasteiger partial charge in [0.2, 0.25) is 0 Å². The Balaban J connectivity index is -0.00000000247. The molecular weight excluding hydrogens is 1300 g/mol. The molecule has 0 saturated carbocycles. The van der Waals surface area contributed by atoms with E-state index >= 15 is 0 Å². The van der Waals surface area contributed by atoms with Crippen LogP contribution in [0.5, 0.6) is 0 Å². The van der Waals surface area contributed by atoms with Gasteiger partial charge in [0, 0.05) is 399 Å². The van der Waals surface area contributed by atoms with Crippen molar-refractivity contribution in [2.24, 2.45) is 0 Å². The molecule has 0 aliphatic heterocycles. The van der Waals surface area contributed by atoms with Crippen LogP contribution in [0.2, 0.25) is 0 Å². The minimum atomic E-state index is 0. The van der Waals surface area contributed by atoms with Gasteiger partial charge in [0.15, 0.2) is 0 Å². The smallest absolute Gasteiger partial charge is 0 e. The van der Waals surface area contributed by atoms with Crippen LogP contribution in [0.1, 0.15) is 55.4 Å². The van der Waals surface area contributed by atoms with Crippen LogP contribution in [-0.4, -0.2) is 21.9 Å². The molecule has 0 aromatic heterocycles. The van der Waals surface area contributed by atoms with Crippen molar-refractivity contribution in [2.45, 2.75) is 67.5 Å². The molecule has 0 aromatic carbocycles. The minimum absolute atomic E-state index is 0. The van der Waals surface area contributed by atoms with E-state index < -0.39 is 0 Å². The number of hydrogen-bond acceptors (Lipinski definition) is 2. The summed E-state index contributed by atoms with van der Waals surface area (Å²) in [7, 11) is 10.7. The van der Waals surface area contributed by atoms with E-state index in [1.165, 1.54) is 6.20 Å². The predicted octanol–water partition coefficient (Wildman–Crippen LogP) is 4.72. The van der Waals surface area contributed by atoms with Crippen molar-refractivity contribution >= 4 is 0 Å². The molecule has 0 rings (SSSR count). The molecule has 0 spiro atoms. The van der Waals surface area contributed by atoms with Gasteiger partial charge in [-0.25, -0.2) is 6.20 Å². The van der Waals surface area contributed by atoms with E-state index in [1.807, 2.05) is 55.4 Å². The first kappa shape index (κ1) is 180. The summed E-state index contributed by atoms with van der Waals surface area (Å²) in [5.41, 5.74) is 0. The van der Waals surface area contributed by atoms with Crippen LogP contribution in [-0.2, 0) is 399 Å². The summed E-state index contributed by atoms with van der Waals surface area (Å²) in [4.78, 5) is 3.36. The van der Waals surface area contributed by atoms with Crippen molar-refractivity contribution in [1.29, 1.82) is 0 Å². The van der Waals surface area contributed by atoms with Gasteiger partial charge in [-0.3, -0.25) is 7.05 Å². The molecule has 37 heavy (non-hydrogen) atoms. The van der Waals surface area contributed by atoms with Gasteiger partial charge in [-0.1, -0.05) is 41.5 Å². The van der Waals surface area contributed by atoms with Gasteiger partial charge in [-0.2, -0.15) is 0 Å². The third-order valence-electron chi connectivity index (χ3n) is 1.59. The molecule has 0 bridgehead atoms. The first-order valence-corrected chi connectivity index (χ1v) is 6.37. The zero-order valence-electron chi connectivity index (χ0n) is 22.5. The Bertz CT molecular complexity index is 158. The summed E-state index contributed by atoms with van der Waals surface area (Å²) in [6, 6.07) is 0.870. The Hall–Kier alpha value is 12.2. The standard InChI is InChI=1S/C6H11N.C5H11N.2C2H6.18V.2Y/c1-5-7(4)6(2)3;1-5(2)6(3)4;2*1-2;;;;;;;;;;;;;;;;;;;;/h1,5-6H,4H2,2-3H3;5H,3-4H2,1-2H3;2*1-2H3;;;;;;;;;;;;;;;;;;;;/q2*-2;;;;;;;;;;;;;;;;;;;;;;. The summed E-state index contributed by atoms with van der Waals surface area (Å²) >= 11 is 0. The Morgan fingerprint density at radius 3 is 0.541 bits per heavy atom. The van der Waals surface area contributed by atoms with Gasteiger partial charge in [0.05, 0.1) is 0 Å². The molecule has 2 nitrogen and oxygen atoms in total. The van der Waals surface area contributed by atoms with Crippen LogP contribution in [0.15, 0.2) is 6.20 Å². The Morgan fingerprint density at radius 1 is 0.432 bits per heavy atom. The SMILES string of the molecule is CC.CC.[CH-]=CN([CH2-])C(C)C.[CH2-]N([CH2-])C(C)C.[V].[V].[V].[V].[V].[V].[V].[V].[V].[V].[V].[V].[V].[V].[V].[V].[V].[V].[Y].[Y]. The van der Waals surface area contributed by atoms with E-state index in [2.05, 4.69) is 21.1 Å². The molecule has 0 fully saturated rings. The summed E-state index contributed by atoms with van der Waals surface area (Å²) < 4.78 is 0. The minimum Gasteiger partial charge on any atom is -0.608 e. The molecule has 0 N–H and O–H groups in total. The van der Waals surface area contributed by atoms with Gasteiger partial charge in [0.25, 0.3) is 0 Å². The van der Waals surface area contributed by atoms with Crippen molar-refractivity contribution in [2.75, 3.05) is 0 Å². The normalized spacial score (nSPS) is 3.84. The Labute approximate surface area is 499 Å². The predicted molar refractivity (Wildman–Crippen MR) is 81.6 cm³/mol. The van der Waals surface area contributed by atoms with E-state index in [-0.39, 0.29) is 399 Å².